The second-order valence-corrected chi connectivity index (χ2v) is 9.21. The van der Waals surface area contributed by atoms with Gasteiger partial charge in [0, 0.05) is 34.2 Å². The van der Waals surface area contributed by atoms with Crippen LogP contribution in [0, 0.1) is 0 Å². The Kier molecular flexibility index (Phi) is 7.59. The summed E-state index contributed by atoms with van der Waals surface area (Å²) in [5.74, 6) is 0.0607. The minimum Gasteiger partial charge on any atom is -0.347 e. The van der Waals surface area contributed by atoms with Crippen molar-refractivity contribution in [3.8, 4) is 5.69 Å². The minimum absolute atomic E-state index is 0.0757. The zero-order valence-corrected chi connectivity index (χ0v) is 19.8. The lowest BCUT2D eigenvalue weighted by atomic mass is 10.1. The zero-order valence-electron chi connectivity index (χ0n) is 18.2. The number of nitrogens with one attached hydrogen (secondary N) is 2. The summed E-state index contributed by atoms with van der Waals surface area (Å²) in [6.45, 7) is 2.58. The number of anilines is 1. The van der Waals surface area contributed by atoms with Crippen molar-refractivity contribution >= 4 is 40.6 Å². The molecule has 4 aromatic rings. The molecule has 8 heteroatoms. The van der Waals surface area contributed by atoms with E-state index in [1.165, 1.54) is 11.8 Å². The quantitative estimate of drug-likeness (QED) is 0.327. The maximum atomic E-state index is 12.5. The van der Waals surface area contributed by atoms with E-state index < -0.39 is 0 Å². The monoisotopic (exact) mass is 476 g/mol. The van der Waals surface area contributed by atoms with Crippen LogP contribution in [0.2, 0.25) is 0 Å². The van der Waals surface area contributed by atoms with Crippen molar-refractivity contribution in [1.29, 1.82) is 0 Å². The van der Waals surface area contributed by atoms with Crippen molar-refractivity contribution in [1.82, 2.24) is 14.9 Å². The molecule has 2 aromatic heterocycles. The van der Waals surface area contributed by atoms with Gasteiger partial charge >= 0.3 is 0 Å². The summed E-state index contributed by atoms with van der Waals surface area (Å²) in [7, 11) is 0. The number of thioether (sulfide) groups is 1. The molecule has 168 valence electrons. The Labute approximate surface area is 201 Å². The molecule has 2 N–H and O–H groups in total. The minimum atomic E-state index is -0.112. The van der Waals surface area contributed by atoms with Crippen molar-refractivity contribution in [2.75, 3.05) is 11.1 Å². The molecule has 0 saturated carbocycles. The normalized spacial score (nSPS) is 10.7. The number of para-hydroxylation sites is 1. The fourth-order valence-electron chi connectivity index (χ4n) is 3.32. The average molecular weight is 477 g/mol. The standard InChI is InChI=1S/C25H24N4O2S2/c1-2-18-6-3-4-8-22(18)28-23(30)17-33-25-26-13-14-29(25)20-11-9-19(10-12-20)24(31)27-16-21-7-5-15-32-21/h3-15H,2,16-17H2,1H3,(H,27,31)(H,28,30). The number of aromatic nitrogens is 2. The number of hydrogen-bond donors (Lipinski definition) is 2. The van der Waals surface area contributed by atoms with E-state index in [1.54, 1.807) is 29.7 Å². The molecule has 4 rings (SSSR count). The summed E-state index contributed by atoms with van der Waals surface area (Å²) in [5.41, 5.74) is 3.43. The summed E-state index contributed by atoms with van der Waals surface area (Å²) in [5, 5.41) is 8.62. The topological polar surface area (TPSA) is 76.0 Å². The lowest BCUT2D eigenvalue weighted by Crippen LogP contribution is -2.22. The summed E-state index contributed by atoms with van der Waals surface area (Å²) in [6, 6.07) is 19.1. The molecule has 0 fully saturated rings. The van der Waals surface area contributed by atoms with E-state index in [2.05, 4.69) is 22.5 Å². The van der Waals surface area contributed by atoms with E-state index in [4.69, 9.17) is 0 Å². The molecule has 0 radical (unpaired) electrons. The summed E-state index contributed by atoms with van der Waals surface area (Å²) in [4.78, 5) is 30.4. The highest BCUT2D eigenvalue weighted by Gasteiger charge is 2.12. The van der Waals surface area contributed by atoms with Gasteiger partial charge in [0.25, 0.3) is 5.91 Å². The maximum Gasteiger partial charge on any atom is 0.251 e. The van der Waals surface area contributed by atoms with E-state index in [-0.39, 0.29) is 17.6 Å². The molecule has 33 heavy (non-hydrogen) atoms. The first kappa shape index (κ1) is 22.8. The number of hydrogen-bond acceptors (Lipinski definition) is 5. The number of amides is 2. The van der Waals surface area contributed by atoms with Crippen LogP contribution in [0.15, 0.2) is 83.6 Å². The van der Waals surface area contributed by atoms with Gasteiger partial charge in [-0.3, -0.25) is 14.2 Å². The average Bonchev–Trinajstić information content (AvgIpc) is 3.54. The largest absolute Gasteiger partial charge is 0.347 e. The van der Waals surface area contributed by atoms with Gasteiger partial charge in [0.2, 0.25) is 5.91 Å². The van der Waals surface area contributed by atoms with Gasteiger partial charge in [-0.05, 0) is 53.8 Å². The van der Waals surface area contributed by atoms with E-state index >= 15 is 0 Å². The third-order valence-electron chi connectivity index (χ3n) is 5.02. The fraction of sp³-hybridized carbons (Fsp3) is 0.160. The van der Waals surface area contributed by atoms with Crippen molar-refractivity contribution in [2.45, 2.75) is 25.0 Å². The summed E-state index contributed by atoms with van der Waals surface area (Å²) >= 11 is 2.98. The van der Waals surface area contributed by atoms with Gasteiger partial charge in [-0.1, -0.05) is 43.0 Å². The number of carbonyl (C=O) groups excluding carboxylic acids is 2. The number of imidazole rings is 1. The maximum absolute atomic E-state index is 12.5. The zero-order chi connectivity index (χ0) is 23.0. The van der Waals surface area contributed by atoms with Crippen LogP contribution in [-0.2, 0) is 17.8 Å². The molecule has 0 aliphatic heterocycles. The Hall–Kier alpha value is -3.36. The Morgan fingerprint density at radius 2 is 1.88 bits per heavy atom. The van der Waals surface area contributed by atoms with Crippen LogP contribution < -0.4 is 10.6 Å². The summed E-state index contributed by atoms with van der Waals surface area (Å²) < 4.78 is 1.91. The second-order valence-electron chi connectivity index (χ2n) is 7.24. The fourth-order valence-corrected chi connectivity index (χ4v) is 4.73. The highest BCUT2D eigenvalue weighted by Crippen LogP contribution is 2.22. The molecule has 2 amide bonds. The first-order valence-electron chi connectivity index (χ1n) is 10.6. The molecule has 0 spiro atoms. The molecular formula is C25H24N4O2S2. The summed E-state index contributed by atoms with van der Waals surface area (Å²) in [6.07, 6.45) is 4.41. The van der Waals surface area contributed by atoms with E-state index in [0.717, 1.165) is 28.2 Å². The van der Waals surface area contributed by atoms with Crippen LogP contribution in [0.4, 0.5) is 5.69 Å². The van der Waals surface area contributed by atoms with E-state index in [1.807, 2.05) is 64.7 Å². The Morgan fingerprint density at radius 1 is 1.06 bits per heavy atom. The molecule has 2 aromatic carbocycles. The smallest absolute Gasteiger partial charge is 0.251 e. The molecule has 0 saturated heterocycles. The van der Waals surface area contributed by atoms with E-state index in [0.29, 0.717) is 17.3 Å². The predicted octanol–water partition coefficient (Wildman–Crippen LogP) is 5.16. The Bertz CT molecular complexity index is 1220. The number of rotatable bonds is 9. The van der Waals surface area contributed by atoms with Crippen molar-refractivity contribution in [3.05, 3.63) is 94.4 Å². The number of thiophene rings is 1. The first-order chi connectivity index (χ1) is 16.1. The highest BCUT2D eigenvalue weighted by atomic mass is 32.2. The molecule has 0 bridgehead atoms. The SMILES string of the molecule is CCc1ccccc1NC(=O)CSc1nccn1-c1ccc(C(=O)NCc2cccs2)cc1. The van der Waals surface area contributed by atoms with Crippen LogP contribution in [0.1, 0.15) is 27.7 Å². The molecule has 2 heterocycles. The Balaban J connectivity index is 1.35. The third kappa shape index (κ3) is 5.91. The van der Waals surface area contributed by atoms with Gasteiger partial charge in [-0.2, -0.15) is 0 Å². The Morgan fingerprint density at radius 3 is 2.64 bits per heavy atom. The lowest BCUT2D eigenvalue weighted by molar-refractivity contribution is -0.113. The van der Waals surface area contributed by atoms with Gasteiger partial charge in [0.05, 0.1) is 12.3 Å². The number of aryl methyl sites for hydroxylation is 1. The van der Waals surface area contributed by atoms with Crippen LogP contribution in [0.3, 0.4) is 0 Å². The van der Waals surface area contributed by atoms with Crippen LogP contribution >= 0.6 is 23.1 Å². The van der Waals surface area contributed by atoms with Crippen LogP contribution in [-0.4, -0.2) is 27.1 Å². The molecule has 0 aliphatic rings. The highest BCUT2D eigenvalue weighted by molar-refractivity contribution is 7.99. The predicted molar refractivity (Wildman–Crippen MR) is 134 cm³/mol. The van der Waals surface area contributed by atoms with Crippen LogP contribution in [0.25, 0.3) is 5.69 Å². The van der Waals surface area contributed by atoms with Crippen molar-refractivity contribution in [2.24, 2.45) is 0 Å². The molecule has 6 nitrogen and oxygen atoms in total. The molecule has 0 atom stereocenters. The number of carbonyl (C=O) groups is 2. The lowest BCUT2D eigenvalue weighted by Gasteiger charge is -2.11. The number of benzene rings is 2. The van der Waals surface area contributed by atoms with E-state index in [9.17, 15) is 9.59 Å². The number of nitrogens with zero attached hydrogens (tertiary/aromatic N) is 2. The van der Waals surface area contributed by atoms with Gasteiger partial charge in [0.15, 0.2) is 5.16 Å². The van der Waals surface area contributed by atoms with Crippen molar-refractivity contribution < 1.29 is 9.59 Å². The van der Waals surface area contributed by atoms with Gasteiger partial charge in [-0.15, -0.1) is 11.3 Å². The van der Waals surface area contributed by atoms with Crippen LogP contribution in [0.5, 0.6) is 0 Å². The van der Waals surface area contributed by atoms with Crippen molar-refractivity contribution in [3.63, 3.8) is 0 Å². The van der Waals surface area contributed by atoms with Gasteiger partial charge < -0.3 is 10.6 Å². The first-order valence-corrected chi connectivity index (χ1v) is 12.5. The third-order valence-corrected chi connectivity index (χ3v) is 6.87. The van der Waals surface area contributed by atoms with Gasteiger partial charge in [0.1, 0.15) is 0 Å². The van der Waals surface area contributed by atoms with Gasteiger partial charge in [-0.25, -0.2) is 4.98 Å². The molecular weight excluding hydrogens is 452 g/mol. The molecule has 0 unspecified atom stereocenters. The molecule has 0 aliphatic carbocycles. The second kappa shape index (κ2) is 11.0.